The Morgan fingerprint density at radius 2 is 1.54 bits per heavy atom. The smallest absolute Gasteiger partial charge is 0.258 e. The van der Waals surface area contributed by atoms with Crippen molar-refractivity contribution in [1.82, 2.24) is 9.97 Å². The molecule has 0 aliphatic carbocycles. The molecule has 2 rings (SSSR count). The molecule has 1 amide bonds. The Balaban J connectivity index is 2.25. The first-order valence-electron chi connectivity index (χ1n) is 7.10. The molecule has 0 saturated carbocycles. The molecule has 0 aliphatic heterocycles. The summed E-state index contributed by atoms with van der Waals surface area (Å²) in [6.45, 7) is 0. The van der Waals surface area contributed by atoms with Crippen molar-refractivity contribution >= 4 is 17.5 Å². The van der Waals surface area contributed by atoms with E-state index in [4.69, 9.17) is 14.2 Å². The standard InChI is InChI=1S/C16H20N4O4/c1-20(2)16-17-8-10(9-18-16)15(21)19-11-6-12(22-3)14(24-5)13(7-11)23-4/h6-9H,1-5H3,(H,19,21). The maximum absolute atomic E-state index is 12.3. The molecule has 0 radical (unpaired) electrons. The van der Waals surface area contributed by atoms with Crippen molar-refractivity contribution in [1.29, 1.82) is 0 Å². The first-order valence-corrected chi connectivity index (χ1v) is 7.10. The van der Waals surface area contributed by atoms with Crippen molar-refractivity contribution in [3.8, 4) is 17.2 Å². The van der Waals surface area contributed by atoms with Crippen LogP contribution >= 0.6 is 0 Å². The zero-order valence-electron chi connectivity index (χ0n) is 14.3. The first-order chi connectivity index (χ1) is 11.5. The molecule has 0 bridgehead atoms. The SMILES string of the molecule is COc1cc(NC(=O)c2cnc(N(C)C)nc2)cc(OC)c1OC. The number of ether oxygens (including phenoxy) is 3. The van der Waals surface area contributed by atoms with E-state index in [9.17, 15) is 4.79 Å². The van der Waals surface area contributed by atoms with Gasteiger partial charge in [-0.25, -0.2) is 9.97 Å². The van der Waals surface area contributed by atoms with E-state index in [-0.39, 0.29) is 5.91 Å². The molecule has 0 atom stereocenters. The van der Waals surface area contributed by atoms with E-state index in [1.165, 1.54) is 33.7 Å². The van der Waals surface area contributed by atoms with Crippen LogP contribution in [0.5, 0.6) is 17.2 Å². The summed E-state index contributed by atoms with van der Waals surface area (Å²) in [4.78, 5) is 22.3. The van der Waals surface area contributed by atoms with Crippen molar-refractivity contribution in [2.24, 2.45) is 0 Å². The van der Waals surface area contributed by atoms with E-state index in [1.54, 1.807) is 17.0 Å². The summed E-state index contributed by atoms with van der Waals surface area (Å²) in [5.41, 5.74) is 0.848. The third-order valence-electron chi connectivity index (χ3n) is 3.22. The lowest BCUT2D eigenvalue weighted by molar-refractivity contribution is 0.102. The van der Waals surface area contributed by atoms with Crippen molar-refractivity contribution in [2.75, 3.05) is 45.6 Å². The molecule has 8 nitrogen and oxygen atoms in total. The average molecular weight is 332 g/mol. The predicted molar refractivity (Wildman–Crippen MR) is 90.4 cm³/mol. The number of nitrogens with zero attached hydrogens (tertiary/aromatic N) is 3. The number of benzene rings is 1. The molecule has 1 aromatic heterocycles. The number of methoxy groups -OCH3 is 3. The molecule has 0 saturated heterocycles. The van der Waals surface area contributed by atoms with Crippen molar-refractivity contribution < 1.29 is 19.0 Å². The fourth-order valence-corrected chi connectivity index (χ4v) is 2.03. The minimum absolute atomic E-state index is 0.338. The van der Waals surface area contributed by atoms with Crippen LogP contribution in [0.3, 0.4) is 0 Å². The summed E-state index contributed by atoms with van der Waals surface area (Å²) in [5, 5.41) is 2.76. The van der Waals surface area contributed by atoms with Crippen molar-refractivity contribution in [3.05, 3.63) is 30.1 Å². The summed E-state index contributed by atoms with van der Waals surface area (Å²) in [5.74, 6) is 1.54. The van der Waals surface area contributed by atoms with Gasteiger partial charge < -0.3 is 24.4 Å². The molecule has 0 unspecified atom stereocenters. The Kier molecular flexibility index (Phi) is 5.41. The fourth-order valence-electron chi connectivity index (χ4n) is 2.03. The van der Waals surface area contributed by atoms with Crippen LogP contribution < -0.4 is 24.4 Å². The predicted octanol–water partition coefficient (Wildman–Crippen LogP) is 1.82. The number of nitrogens with one attached hydrogen (secondary N) is 1. The number of anilines is 2. The number of carbonyl (C=O) groups is 1. The molecule has 24 heavy (non-hydrogen) atoms. The van der Waals surface area contributed by atoms with Gasteiger partial charge in [0.15, 0.2) is 11.5 Å². The quantitative estimate of drug-likeness (QED) is 0.863. The second-order valence-electron chi connectivity index (χ2n) is 5.03. The van der Waals surface area contributed by atoms with Crippen LogP contribution in [0.4, 0.5) is 11.6 Å². The number of aromatic nitrogens is 2. The summed E-state index contributed by atoms with van der Waals surface area (Å²) < 4.78 is 15.8. The van der Waals surface area contributed by atoms with Gasteiger partial charge in [0, 0.05) is 44.3 Å². The van der Waals surface area contributed by atoms with Gasteiger partial charge in [0.05, 0.1) is 26.9 Å². The summed E-state index contributed by atoms with van der Waals surface area (Å²) >= 11 is 0. The lowest BCUT2D eigenvalue weighted by atomic mass is 10.2. The second kappa shape index (κ2) is 7.49. The molecule has 8 heteroatoms. The highest BCUT2D eigenvalue weighted by atomic mass is 16.5. The van der Waals surface area contributed by atoms with Gasteiger partial charge in [-0.15, -0.1) is 0 Å². The maximum atomic E-state index is 12.3. The number of hydrogen-bond donors (Lipinski definition) is 1. The van der Waals surface area contributed by atoms with Crippen LogP contribution in [0.2, 0.25) is 0 Å². The molecule has 0 fully saturated rings. The van der Waals surface area contributed by atoms with Crippen molar-refractivity contribution in [2.45, 2.75) is 0 Å². The van der Waals surface area contributed by atoms with Gasteiger partial charge in [-0.3, -0.25) is 4.79 Å². The fraction of sp³-hybridized carbons (Fsp3) is 0.312. The topological polar surface area (TPSA) is 85.8 Å². The Hall–Kier alpha value is -3.03. The summed E-state index contributed by atoms with van der Waals surface area (Å²) in [7, 11) is 8.19. The molecule has 1 aromatic carbocycles. The second-order valence-corrected chi connectivity index (χ2v) is 5.03. The maximum Gasteiger partial charge on any atom is 0.258 e. The number of rotatable bonds is 6. The van der Waals surface area contributed by atoms with Crippen LogP contribution in [0.1, 0.15) is 10.4 Å². The molecular weight excluding hydrogens is 312 g/mol. The molecule has 1 N–H and O–H groups in total. The zero-order valence-corrected chi connectivity index (χ0v) is 14.3. The highest BCUT2D eigenvalue weighted by Gasteiger charge is 2.15. The van der Waals surface area contributed by atoms with Gasteiger partial charge in [-0.2, -0.15) is 0 Å². The molecular formula is C16H20N4O4. The largest absolute Gasteiger partial charge is 0.493 e. The van der Waals surface area contributed by atoms with Gasteiger partial charge >= 0.3 is 0 Å². The van der Waals surface area contributed by atoms with Gasteiger partial charge in [-0.1, -0.05) is 0 Å². The molecule has 2 aromatic rings. The van der Waals surface area contributed by atoms with E-state index in [0.29, 0.717) is 34.4 Å². The van der Waals surface area contributed by atoms with E-state index in [2.05, 4.69) is 15.3 Å². The van der Waals surface area contributed by atoms with Crippen LogP contribution in [-0.4, -0.2) is 51.3 Å². The monoisotopic (exact) mass is 332 g/mol. The molecule has 0 spiro atoms. The first kappa shape index (κ1) is 17.3. The van der Waals surface area contributed by atoms with Gasteiger partial charge in [0.2, 0.25) is 11.7 Å². The van der Waals surface area contributed by atoms with E-state index in [0.717, 1.165) is 0 Å². The average Bonchev–Trinajstić information content (AvgIpc) is 2.60. The normalized spacial score (nSPS) is 10.0. The molecule has 1 heterocycles. The molecule has 128 valence electrons. The van der Waals surface area contributed by atoms with Crippen molar-refractivity contribution in [3.63, 3.8) is 0 Å². The Morgan fingerprint density at radius 3 is 1.96 bits per heavy atom. The number of carbonyl (C=O) groups excluding carboxylic acids is 1. The van der Waals surface area contributed by atoms with Gasteiger partial charge in [0.1, 0.15) is 0 Å². The summed E-state index contributed by atoms with van der Waals surface area (Å²) in [6, 6.07) is 3.29. The van der Waals surface area contributed by atoms with E-state index in [1.807, 2.05) is 14.1 Å². The van der Waals surface area contributed by atoms with Crippen LogP contribution in [0.15, 0.2) is 24.5 Å². The zero-order chi connectivity index (χ0) is 17.7. The van der Waals surface area contributed by atoms with E-state index >= 15 is 0 Å². The highest BCUT2D eigenvalue weighted by Crippen LogP contribution is 2.39. The third kappa shape index (κ3) is 3.65. The molecule has 0 aliphatic rings. The van der Waals surface area contributed by atoms with Crippen LogP contribution in [0, 0.1) is 0 Å². The summed E-state index contributed by atoms with van der Waals surface area (Å²) in [6.07, 6.45) is 2.94. The Labute approximate surface area is 140 Å². The third-order valence-corrected chi connectivity index (χ3v) is 3.22. The Bertz CT molecular complexity index is 692. The highest BCUT2D eigenvalue weighted by molar-refractivity contribution is 6.04. The van der Waals surface area contributed by atoms with Crippen LogP contribution in [-0.2, 0) is 0 Å². The van der Waals surface area contributed by atoms with Crippen LogP contribution in [0.25, 0.3) is 0 Å². The lowest BCUT2D eigenvalue weighted by Crippen LogP contribution is -2.16. The van der Waals surface area contributed by atoms with Gasteiger partial charge in [-0.05, 0) is 0 Å². The lowest BCUT2D eigenvalue weighted by Gasteiger charge is -2.14. The minimum atomic E-state index is -0.338. The minimum Gasteiger partial charge on any atom is -0.493 e. The number of hydrogen-bond acceptors (Lipinski definition) is 7. The van der Waals surface area contributed by atoms with Gasteiger partial charge in [0.25, 0.3) is 5.91 Å². The van der Waals surface area contributed by atoms with E-state index < -0.39 is 0 Å². The number of amides is 1. The Morgan fingerprint density at radius 1 is 1.00 bits per heavy atom.